The molecule has 0 unspecified atom stereocenters. The van der Waals surface area contributed by atoms with Crippen molar-refractivity contribution in [1.29, 1.82) is 5.26 Å². The molecule has 2 aromatic rings. The molecule has 0 atom stereocenters. The number of hydrogen-bond donors (Lipinski definition) is 1. The van der Waals surface area contributed by atoms with Crippen LogP contribution in [-0.2, 0) is 0 Å². The third-order valence-electron chi connectivity index (χ3n) is 2.24. The number of nitriles is 1. The van der Waals surface area contributed by atoms with Crippen LogP contribution in [-0.4, -0.2) is 33.6 Å². The van der Waals surface area contributed by atoms with Gasteiger partial charge in [0.2, 0.25) is 5.95 Å². The van der Waals surface area contributed by atoms with Gasteiger partial charge >= 0.3 is 6.01 Å². The van der Waals surface area contributed by atoms with Crippen LogP contribution in [0.2, 0.25) is 0 Å². The smallest absolute Gasteiger partial charge is 0.321 e. The second-order valence-corrected chi connectivity index (χ2v) is 3.52. The lowest BCUT2D eigenvalue weighted by molar-refractivity contribution is 0.312. The summed E-state index contributed by atoms with van der Waals surface area (Å²) >= 11 is 0. The van der Waals surface area contributed by atoms with Gasteiger partial charge in [0.25, 0.3) is 0 Å². The van der Waals surface area contributed by atoms with E-state index in [0.717, 1.165) is 0 Å². The van der Waals surface area contributed by atoms with Gasteiger partial charge in [0, 0.05) is 25.0 Å². The van der Waals surface area contributed by atoms with Gasteiger partial charge < -0.3 is 10.1 Å². The van der Waals surface area contributed by atoms with E-state index in [1.807, 2.05) is 13.0 Å². The van der Waals surface area contributed by atoms with Gasteiger partial charge in [-0.3, -0.25) is 4.98 Å². The molecule has 0 fully saturated rings. The highest BCUT2D eigenvalue weighted by Gasteiger charge is 2.09. The highest BCUT2D eigenvalue weighted by Crippen LogP contribution is 2.18. The third-order valence-corrected chi connectivity index (χ3v) is 2.24. The first-order chi connectivity index (χ1) is 9.26. The largest absolute Gasteiger partial charge is 0.464 e. The van der Waals surface area contributed by atoms with E-state index in [4.69, 9.17) is 10.00 Å². The molecule has 19 heavy (non-hydrogen) atoms. The van der Waals surface area contributed by atoms with Crippen LogP contribution >= 0.6 is 0 Å². The van der Waals surface area contributed by atoms with Gasteiger partial charge in [-0.05, 0) is 13.0 Å². The van der Waals surface area contributed by atoms with Crippen molar-refractivity contribution in [3.63, 3.8) is 0 Å². The lowest BCUT2D eigenvalue weighted by Gasteiger charge is -2.06. The zero-order chi connectivity index (χ0) is 13.7. The monoisotopic (exact) mass is 256 g/mol. The second-order valence-electron chi connectivity index (χ2n) is 3.52. The number of rotatable bonds is 4. The van der Waals surface area contributed by atoms with Crippen LogP contribution in [0.25, 0.3) is 11.4 Å². The Bertz CT molecular complexity index is 622. The fraction of sp³-hybridized carbons (Fsp3) is 0.250. The van der Waals surface area contributed by atoms with Crippen molar-refractivity contribution in [3.8, 4) is 23.5 Å². The van der Waals surface area contributed by atoms with Crippen molar-refractivity contribution < 1.29 is 4.74 Å². The number of pyridine rings is 1. The van der Waals surface area contributed by atoms with Gasteiger partial charge in [0.15, 0.2) is 5.82 Å². The van der Waals surface area contributed by atoms with E-state index in [1.165, 1.54) is 6.20 Å². The molecule has 0 bridgehead atoms. The number of nitrogens with zero attached hydrogens (tertiary/aromatic N) is 5. The molecule has 0 aliphatic carbocycles. The molecule has 0 amide bonds. The minimum absolute atomic E-state index is 0.235. The lowest BCUT2D eigenvalue weighted by Crippen LogP contribution is -2.05. The van der Waals surface area contributed by atoms with Gasteiger partial charge in [0.1, 0.15) is 6.07 Å². The first-order valence-electron chi connectivity index (χ1n) is 5.69. The van der Waals surface area contributed by atoms with Crippen LogP contribution in [0.5, 0.6) is 6.01 Å². The fourth-order valence-corrected chi connectivity index (χ4v) is 1.41. The molecule has 0 aliphatic rings. The average Bonchev–Trinajstić information content (AvgIpc) is 2.47. The minimum atomic E-state index is 0.235. The molecular weight excluding hydrogens is 244 g/mol. The Labute approximate surface area is 110 Å². The van der Waals surface area contributed by atoms with Crippen molar-refractivity contribution >= 4 is 5.95 Å². The van der Waals surface area contributed by atoms with E-state index >= 15 is 0 Å². The van der Waals surface area contributed by atoms with Crippen LogP contribution in [0, 0.1) is 11.3 Å². The number of anilines is 1. The number of aromatic nitrogens is 4. The molecule has 0 aliphatic heterocycles. The van der Waals surface area contributed by atoms with Crippen molar-refractivity contribution in [1.82, 2.24) is 19.9 Å². The molecule has 1 N–H and O–H groups in total. The van der Waals surface area contributed by atoms with E-state index in [9.17, 15) is 0 Å². The maximum Gasteiger partial charge on any atom is 0.321 e. The number of hydrogen-bond acceptors (Lipinski definition) is 7. The van der Waals surface area contributed by atoms with Crippen molar-refractivity contribution in [2.45, 2.75) is 6.92 Å². The minimum Gasteiger partial charge on any atom is -0.464 e. The summed E-state index contributed by atoms with van der Waals surface area (Å²) in [6, 6.07) is 3.92. The standard InChI is InChI=1S/C12H12N6O/c1-3-19-12-17-10(16-11(14-2)18-12)9-4-8(5-13)6-15-7-9/h4,6-7H,3H2,1-2H3,(H,14,16,17,18). The van der Waals surface area contributed by atoms with Crippen molar-refractivity contribution in [2.24, 2.45) is 0 Å². The molecule has 0 saturated heterocycles. The van der Waals surface area contributed by atoms with E-state index in [1.54, 1.807) is 19.3 Å². The molecule has 2 rings (SSSR count). The highest BCUT2D eigenvalue weighted by molar-refractivity contribution is 5.57. The summed E-state index contributed by atoms with van der Waals surface area (Å²) in [5, 5.41) is 11.7. The molecule has 0 aromatic carbocycles. The summed E-state index contributed by atoms with van der Waals surface area (Å²) in [6.07, 6.45) is 3.07. The van der Waals surface area contributed by atoms with Crippen molar-refractivity contribution in [2.75, 3.05) is 19.0 Å². The maximum absolute atomic E-state index is 8.87. The maximum atomic E-state index is 8.87. The first kappa shape index (κ1) is 12.7. The van der Waals surface area contributed by atoms with Gasteiger partial charge in [-0.15, -0.1) is 0 Å². The SMILES string of the molecule is CCOc1nc(NC)nc(-c2cncc(C#N)c2)n1. The first-order valence-corrected chi connectivity index (χ1v) is 5.69. The van der Waals surface area contributed by atoms with Crippen LogP contribution in [0.3, 0.4) is 0 Å². The zero-order valence-corrected chi connectivity index (χ0v) is 10.6. The van der Waals surface area contributed by atoms with Crippen LogP contribution in [0.1, 0.15) is 12.5 Å². The van der Waals surface area contributed by atoms with E-state index in [-0.39, 0.29) is 6.01 Å². The predicted molar refractivity (Wildman–Crippen MR) is 68.5 cm³/mol. The fourth-order valence-electron chi connectivity index (χ4n) is 1.41. The Morgan fingerprint density at radius 2 is 2.16 bits per heavy atom. The normalized spacial score (nSPS) is 9.74. The van der Waals surface area contributed by atoms with E-state index in [0.29, 0.717) is 29.5 Å². The Balaban J connectivity index is 2.48. The Kier molecular flexibility index (Phi) is 3.83. The molecule has 2 heterocycles. The topological polar surface area (TPSA) is 96.6 Å². The summed E-state index contributed by atoms with van der Waals surface area (Å²) in [5.41, 5.74) is 1.08. The summed E-state index contributed by atoms with van der Waals surface area (Å²) < 4.78 is 5.28. The van der Waals surface area contributed by atoms with Gasteiger partial charge in [0.05, 0.1) is 12.2 Å². The Morgan fingerprint density at radius 3 is 2.84 bits per heavy atom. The van der Waals surface area contributed by atoms with Gasteiger partial charge in [-0.1, -0.05) is 0 Å². The number of ether oxygens (including phenoxy) is 1. The average molecular weight is 256 g/mol. The molecular formula is C12H12N6O. The van der Waals surface area contributed by atoms with Gasteiger partial charge in [-0.25, -0.2) is 0 Å². The molecule has 2 aromatic heterocycles. The van der Waals surface area contributed by atoms with Crippen LogP contribution in [0.15, 0.2) is 18.5 Å². The molecule has 7 nitrogen and oxygen atoms in total. The number of nitrogens with one attached hydrogen (secondary N) is 1. The van der Waals surface area contributed by atoms with Crippen LogP contribution in [0.4, 0.5) is 5.95 Å². The Hall–Kier alpha value is -2.75. The molecule has 96 valence electrons. The van der Waals surface area contributed by atoms with E-state index < -0.39 is 0 Å². The predicted octanol–water partition coefficient (Wildman–Crippen LogP) is 1.25. The third kappa shape index (κ3) is 2.93. The molecule has 0 spiro atoms. The summed E-state index contributed by atoms with van der Waals surface area (Å²) in [6.45, 7) is 2.31. The Morgan fingerprint density at radius 1 is 1.32 bits per heavy atom. The summed E-state index contributed by atoms with van der Waals surface area (Å²) in [5.74, 6) is 0.809. The quantitative estimate of drug-likeness (QED) is 0.879. The lowest BCUT2D eigenvalue weighted by atomic mass is 10.2. The molecule has 0 saturated carbocycles. The second kappa shape index (κ2) is 5.73. The van der Waals surface area contributed by atoms with Gasteiger partial charge in [-0.2, -0.15) is 20.2 Å². The van der Waals surface area contributed by atoms with E-state index in [2.05, 4.69) is 25.3 Å². The van der Waals surface area contributed by atoms with Crippen LogP contribution < -0.4 is 10.1 Å². The zero-order valence-electron chi connectivity index (χ0n) is 10.6. The highest BCUT2D eigenvalue weighted by atomic mass is 16.5. The summed E-state index contributed by atoms with van der Waals surface area (Å²) in [4.78, 5) is 16.4. The molecule has 0 radical (unpaired) electrons. The molecule has 7 heteroatoms. The summed E-state index contributed by atoms with van der Waals surface area (Å²) in [7, 11) is 1.71. The van der Waals surface area contributed by atoms with Crippen molar-refractivity contribution in [3.05, 3.63) is 24.0 Å².